The van der Waals surface area contributed by atoms with Crippen molar-refractivity contribution in [1.29, 1.82) is 0 Å². The lowest BCUT2D eigenvalue weighted by Crippen LogP contribution is -2.08. The largest absolute Gasteiger partial charge is 0.461 e. The van der Waals surface area contributed by atoms with Crippen molar-refractivity contribution in [1.82, 2.24) is 4.98 Å². The van der Waals surface area contributed by atoms with E-state index in [2.05, 4.69) is 25.8 Å². The molecule has 1 aromatic heterocycles. The smallest absolute Gasteiger partial charge is 0.367 e. The molecule has 0 fully saturated rings. The minimum absolute atomic E-state index is 0.212. The molecule has 0 amide bonds. The molecule has 90 valence electrons. The van der Waals surface area contributed by atoms with Crippen molar-refractivity contribution in [3.8, 4) is 0 Å². The highest BCUT2D eigenvalue weighted by Crippen LogP contribution is 2.27. The van der Waals surface area contributed by atoms with Gasteiger partial charge in [-0.05, 0) is 25.7 Å². The number of carbonyl (C=O) groups excluding carboxylic acids is 1. The molecule has 1 aromatic rings. The van der Waals surface area contributed by atoms with Crippen LogP contribution in [-0.2, 0) is 11.2 Å². The zero-order valence-corrected chi connectivity index (χ0v) is 11.4. The molecule has 0 aliphatic rings. The predicted molar refractivity (Wildman–Crippen MR) is 66.0 cm³/mol. The van der Waals surface area contributed by atoms with Gasteiger partial charge in [-0.15, -0.1) is 11.3 Å². The van der Waals surface area contributed by atoms with Gasteiger partial charge in [0.05, 0.1) is 12.3 Å². The Morgan fingerprint density at radius 2 is 2.06 bits per heavy atom. The van der Waals surface area contributed by atoms with Gasteiger partial charge in [0.15, 0.2) is 0 Å². The topological polar surface area (TPSA) is 39.2 Å². The van der Waals surface area contributed by atoms with E-state index < -0.39 is 0 Å². The van der Waals surface area contributed by atoms with E-state index in [1.807, 2.05) is 6.92 Å². The van der Waals surface area contributed by atoms with Crippen molar-refractivity contribution in [2.45, 2.75) is 41.0 Å². The first kappa shape index (κ1) is 13.2. The Morgan fingerprint density at radius 1 is 1.44 bits per heavy atom. The van der Waals surface area contributed by atoms with E-state index in [-0.39, 0.29) is 11.4 Å². The van der Waals surface area contributed by atoms with E-state index in [9.17, 15) is 4.79 Å². The fourth-order valence-electron chi connectivity index (χ4n) is 1.35. The monoisotopic (exact) mass is 241 g/mol. The van der Waals surface area contributed by atoms with Crippen LogP contribution < -0.4 is 0 Å². The number of nitrogens with zero attached hydrogens (tertiary/aromatic N) is 1. The van der Waals surface area contributed by atoms with Gasteiger partial charge in [0.2, 0.25) is 5.01 Å². The molecule has 0 radical (unpaired) electrons. The van der Waals surface area contributed by atoms with Crippen LogP contribution >= 0.6 is 11.3 Å². The number of hydrogen-bond acceptors (Lipinski definition) is 4. The lowest BCUT2D eigenvalue weighted by molar-refractivity contribution is 0.0525. The average molecular weight is 241 g/mol. The maximum Gasteiger partial charge on any atom is 0.367 e. The number of aryl methyl sites for hydroxylation is 1. The molecule has 0 saturated carbocycles. The van der Waals surface area contributed by atoms with Crippen LogP contribution in [0.5, 0.6) is 0 Å². The molecule has 0 spiro atoms. The molecule has 0 unspecified atom stereocenters. The quantitative estimate of drug-likeness (QED) is 0.763. The Labute approximate surface area is 101 Å². The second-order valence-electron chi connectivity index (χ2n) is 4.99. The molecule has 0 aliphatic carbocycles. The minimum Gasteiger partial charge on any atom is -0.461 e. The lowest BCUT2D eigenvalue weighted by atomic mass is 9.91. The lowest BCUT2D eigenvalue weighted by Gasteiger charge is -2.16. The molecule has 0 N–H and O–H groups in total. The highest BCUT2D eigenvalue weighted by molar-refractivity contribution is 7.13. The van der Waals surface area contributed by atoms with Crippen LogP contribution in [0, 0.1) is 12.3 Å². The van der Waals surface area contributed by atoms with Gasteiger partial charge in [0.25, 0.3) is 0 Å². The van der Waals surface area contributed by atoms with E-state index in [1.54, 1.807) is 6.92 Å². The SMILES string of the molecule is CCOC(=O)c1nc(C)c(CC(C)(C)C)s1. The summed E-state index contributed by atoms with van der Waals surface area (Å²) in [5.74, 6) is -0.309. The van der Waals surface area contributed by atoms with E-state index in [1.165, 1.54) is 16.2 Å². The Balaban J connectivity index is 2.86. The fourth-order valence-corrected chi connectivity index (χ4v) is 2.61. The van der Waals surface area contributed by atoms with Crippen LogP contribution in [0.15, 0.2) is 0 Å². The number of aromatic nitrogens is 1. The van der Waals surface area contributed by atoms with Gasteiger partial charge >= 0.3 is 5.97 Å². The van der Waals surface area contributed by atoms with E-state index >= 15 is 0 Å². The van der Waals surface area contributed by atoms with Crippen molar-refractivity contribution >= 4 is 17.3 Å². The number of hydrogen-bond donors (Lipinski definition) is 0. The van der Waals surface area contributed by atoms with Gasteiger partial charge in [-0.1, -0.05) is 20.8 Å². The summed E-state index contributed by atoms with van der Waals surface area (Å²) in [6.07, 6.45) is 0.940. The van der Waals surface area contributed by atoms with Gasteiger partial charge in [-0.25, -0.2) is 9.78 Å². The highest BCUT2D eigenvalue weighted by Gasteiger charge is 2.19. The number of ether oxygens (including phenoxy) is 1. The number of carbonyl (C=O) groups is 1. The van der Waals surface area contributed by atoms with Crippen molar-refractivity contribution in [2.24, 2.45) is 5.41 Å². The second-order valence-corrected chi connectivity index (χ2v) is 6.07. The summed E-state index contributed by atoms with van der Waals surface area (Å²) in [6, 6.07) is 0. The fraction of sp³-hybridized carbons (Fsp3) is 0.667. The number of thiazole rings is 1. The molecule has 0 atom stereocenters. The Hall–Kier alpha value is -0.900. The summed E-state index contributed by atoms with van der Waals surface area (Å²) in [7, 11) is 0. The summed E-state index contributed by atoms with van der Waals surface area (Å²) < 4.78 is 4.94. The molecule has 1 rings (SSSR count). The summed E-state index contributed by atoms with van der Waals surface area (Å²) in [4.78, 5) is 16.9. The van der Waals surface area contributed by atoms with Gasteiger partial charge in [0, 0.05) is 4.88 Å². The van der Waals surface area contributed by atoms with Crippen LogP contribution in [-0.4, -0.2) is 17.6 Å². The van der Waals surface area contributed by atoms with Crippen LogP contribution in [0.2, 0.25) is 0 Å². The zero-order valence-electron chi connectivity index (χ0n) is 10.6. The Bertz CT molecular complexity index is 377. The van der Waals surface area contributed by atoms with E-state index in [0.29, 0.717) is 11.6 Å². The normalized spacial score (nSPS) is 11.6. The maximum atomic E-state index is 11.5. The Morgan fingerprint density at radius 3 is 2.56 bits per heavy atom. The Kier molecular flexibility index (Phi) is 4.08. The number of esters is 1. The van der Waals surface area contributed by atoms with Gasteiger partial charge < -0.3 is 4.74 Å². The minimum atomic E-state index is -0.309. The van der Waals surface area contributed by atoms with Crippen molar-refractivity contribution in [3.63, 3.8) is 0 Å². The zero-order chi connectivity index (χ0) is 12.3. The molecule has 3 nitrogen and oxygen atoms in total. The van der Waals surface area contributed by atoms with E-state index in [0.717, 1.165) is 12.1 Å². The third-order valence-corrected chi connectivity index (χ3v) is 3.17. The molecule has 0 saturated heterocycles. The molecule has 0 aromatic carbocycles. The van der Waals surface area contributed by atoms with Gasteiger partial charge in [-0.2, -0.15) is 0 Å². The first-order chi connectivity index (χ1) is 7.33. The third kappa shape index (κ3) is 3.59. The van der Waals surface area contributed by atoms with Crippen LogP contribution in [0.4, 0.5) is 0 Å². The molecule has 0 aliphatic heterocycles. The molecule has 16 heavy (non-hydrogen) atoms. The van der Waals surface area contributed by atoms with Gasteiger partial charge in [0.1, 0.15) is 0 Å². The second kappa shape index (κ2) is 4.95. The van der Waals surface area contributed by atoms with Crippen LogP contribution in [0.3, 0.4) is 0 Å². The molecule has 0 bridgehead atoms. The molecular weight excluding hydrogens is 222 g/mol. The standard InChI is InChI=1S/C12H19NO2S/c1-6-15-11(14)10-13-8(2)9(16-10)7-12(3,4)5/h6-7H2,1-5H3. The van der Waals surface area contributed by atoms with Crippen LogP contribution in [0.25, 0.3) is 0 Å². The third-order valence-electron chi connectivity index (χ3n) is 2.03. The molecular formula is C12H19NO2S. The van der Waals surface area contributed by atoms with E-state index in [4.69, 9.17) is 4.74 Å². The first-order valence-electron chi connectivity index (χ1n) is 5.47. The van der Waals surface area contributed by atoms with Gasteiger partial charge in [-0.3, -0.25) is 0 Å². The maximum absolute atomic E-state index is 11.5. The first-order valence-corrected chi connectivity index (χ1v) is 6.28. The predicted octanol–water partition coefficient (Wildman–Crippen LogP) is 3.22. The average Bonchev–Trinajstić information content (AvgIpc) is 2.45. The summed E-state index contributed by atoms with van der Waals surface area (Å²) in [5, 5.41) is 0.471. The summed E-state index contributed by atoms with van der Waals surface area (Å²) >= 11 is 1.45. The summed E-state index contributed by atoms with van der Waals surface area (Å²) in [6.45, 7) is 10.7. The van der Waals surface area contributed by atoms with Crippen molar-refractivity contribution < 1.29 is 9.53 Å². The highest BCUT2D eigenvalue weighted by atomic mass is 32.1. The summed E-state index contributed by atoms with van der Waals surface area (Å²) in [5.41, 5.74) is 1.16. The molecule has 1 heterocycles. The molecule has 4 heteroatoms. The van der Waals surface area contributed by atoms with Crippen molar-refractivity contribution in [3.05, 3.63) is 15.6 Å². The van der Waals surface area contributed by atoms with Crippen LogP contribution in [0.1, 0.15) is 48.1 Å². The number of rotatable bonds is 3. The van der Waals surface area contributed by atoms with Crippen molar-refractivity contribution in [2.75, 3.05) is 6.61 Å².